The number of guanidine groups is 1. The summed E-state index contributed by atoms with van der Waals surface area (Å²) in [6.45, 7) is 2.95. The summed E-state index contributed by atoms with van der Waals surface area (Å²) in [4.78, 5) is 7.05. The minimum Gasteiger partial charge on any atom is -0.493 e. The number of aliphatic imine (C=N–C) groups is 1. The molecule has 1 aromatic carbocycles. The number of ether oxygens (including phenoxy) is 2. The van der Waals surface area contributed by atoms with Gasteiger partial charge in [0.1, 0.15) is 0 Å². The smallest absolute Gasteiger partial charge is 0.191 e. The summed E-state index contributed by atoms with van der Waals surface area (Å²) in [6, 6.07) is 7.20. The number of hydrogen-bond donors (Lipinski definition) is 2. The molecule has 2 fully saturated rings. The Hall–Kier alpha value is -1.22. The van der Waals surface area contributed by atoms with E-state index >= 15 is 0 Å². The van der Waals surface area contributed by atoms with Gasteiger partial charge in [-0.15, -0.1) is 24.0 Å². The number of hydrogen-bond acceptors (Lipinski definition) is 4. The molecular formula is C20H33IN4O2. The molecule has 7 heteroatoms. The zero-order valence-corrected chi connectivity index (χ0v) is 19.0. The van der Waals surface area contributed by atoms with Crippen LogP contribution in [-0.4, -0.2) is 57.3 Å². The molecule has 2 N–H and O–H groups in total. The molecule has 152 valence electrons. The van der Waals surface area contributed by atoms with E-state index in [1.165, 1.54) is 38.6 Å². The van der Waals surface area contributed by atoms with Crippen molar-refractivity contribution >= 4 is 29.9 Å². The first kappa shape index (κ1) is 22.1. The molecule has 1 saturated carbocycles. The van der Waals surface area contributed by atoms with Crippen molar-refractivity contribution in [1.29, 1.82) is 0 Å². The largest absolute Gasteiger partial charge is 0.493 e. The van der Waals surface area contributed by atoms with Crippen molar-refractivity contribution in [3.8, 4) is 11.5 Å². The van der Waals surface area contributed by atoms with Crippen LogP contribution in [0.15, 0.2) is 23.2 Å². The zero-order chi connectivity index (χ0) is 18.4. The molecule has 1 unspecified atom stereocenters. The van der Waals surface area contributed by atoms with Crippen molar-refractivity contribution in [1.82, 2.24) is 15.5 Å². The quantitative estimate of drug-likeness (QED) is 0.367. The monoisotopic (exact) mass is 488 g/mol. The highest BCUT2D eigenvalue weighted by molar-refractivity contribution is 14.0. The van der Waals surface area contributed by atoms with Gasteiger partial charge in [0, 0.05) is 44.3 Å². The fourth-order valence-electron chi connectivity index (χ4n) is 4.17. The summed E-state index contributed by atoms with van der Waals surface area (Å²) in [5, 5.41) is 6.99. The van der Waals surface area contributed by atoms with Crippen LogP contribution in [0.2, 0.25) is 0 Å². The Bertz CT molecular complexity index is 620. The van der Waals surface area contributed by atoms with E-state index in [0.29, 0.717) is 12.6 Å². The number of likely N-dealkylation sites (tertiary alicyclic amines) is 1. The Morgan fingerprint density at radius 1 is 1.19 bits per heavy atom. The summed E-state index contributed by atoms with van der Waals surface area (Å²) in [5.41, 5.74) is 1.05. The van der Waals surface area contributed by atoms with E-state index in [-0.39, 0.29) is 24.0 Å². The lowest BCUT2D eigenvalue weighted by atomic mass is 10.2. The Morgan fingerprint density at radius 2 is 1.96 bits per heavy atom. The van der Waals surface area contributed by atoms with Gasteiger partial charge < -0.3 is 20.1 Å². The fraction of sp³-hybridized carbons (Fsp3) is 0.650. The van der Waals surface area contributed by atoms with Crippen LogP contribution in [0.4, 0.5) is 0 Å². The van der Waals surface area contributed by atoms with Crippen LogP contribution >= 0.6 is 24.0 Å². The van der Waals surface area contributed by atoms with Gasteiger partial charge in [0.15, 0.2) is 17.5 Å². The maximum absolute atomic E-state index is 5.51. The van der Waals surface area contributed by atoms with Gasteiger partial charge in [0.2, 0.25) is 0 Å². The SMILES string of the molecule is CN=C(NCc1cccc(OC)c1OC)NC1CCN(C2CCCC2)C1.I. The molecule has 1 aliphatic heterocycles. The van der Waals surface area contributed by atoms with Gasteiger partial charge in [-0.3, -0.25) is 9.89 Å². The van der Waals surface area contributed by atoms with Crippen molar-refractivity contribution in [2.24, 2.45) is 4.99 Å². The molecule has 0 aromatic heterocycles. The van der Waals surface area contributed by atoms with E-state index in [1.807, 2.05) is 25.2 Å². The van der Waals surface area contributed by atoms with Crippen molar-refractivity contribution in [3.05, 3.63) is 23.8 Å². The third-order valence-corrected chi connectivity index (χ3v) is 5.56. The summed E-state index contributed by atoms with van der Waals surface area (Å²) in [6.07, 6.45) is 6.71. The van der Waals surface area contributed by atoms with Gasteiger partial charge in [0.25, 0.3) is 0 Å². The lowest BCUT2D eigenvalue weighted by Gasteiger charge is -2.24. The van der Waals surface area contributed by atoms with E-state index in [2.05, 4.69) is 20.5 Å². The molecule has 0 radical (unpaired) electrons. The third kappa shape index (κ3) is 5.63. The van der Waals surface area contributed by atoms with Crippen LogP contribution in [0, 0.1) is 0 Å². The fourth-order valence-corrected chi connectivity index (χ4v) is 4.17. The van der Waals surface area contributed by atoms with Crippen LogP contribution in [0.5, 0.6) is 11.5 Å². The van der Waals surface area contributed by atoms with Crippen LogP contribution in [-0.2, 0) is 6.54 Å². The summed E-state index contributed by atoms with van der Waals surface area (Å²) >= 11 is 0. The minimum atomic E-state index is 0. The molecule has 1 heterocycles. The molecular weight excluding hydrogens is 455 g/mol. The summed E-state index contributed by atoms with van der Waals surface area (Å²) in [5.74, 6) is 2.36. The second-order valence-electron chi connectivity index (χ2n) is 7.14. The minimum absolute atomic E-state index is 0. The molecule has 6 nitrogen and oxygen atoms in total. The molecule has 0 bridgehead atoms. The topological polar surface area (TPSA) is 58.1 Å². The van der Waals surface area contributed by atoms with Crippen molar-refractivity contribution in [2.45, 2.75) is 50.7 Å². The summed E-state index contributed by atoms with van der Waals surface area (Å²) < 4.78 is 10.9. The predicted octanol–water partition coefficient (Wildman–Crippen LogP) is 3.00. The zero-order valence-electron chi connectivity index (χ0n) is 16.7. The number of para-hydroxylation sites is 1. The van der Waals surface area contributed by atoms with E-state index in [4.69, 9.17) is 9.47 Å². The Morgan fingerprint density at radius 3 is 2.63 bits per heavy atom. The normalized spacial score (nSPS) is 21.0. The maximum atomic E-state index is 5.51. The Balaban J connectivity index is 0.00000261. The van der Waals surface area contributed by atoms with E-state index < -0.39 is 0 Å². The molecule has 0 amide bonds. The van der Waals surface area contributed by atoms with Crippen molar-refractivity contribution in [2.75, 3.05) is 34.4 Å². The molecule has 1 atom stereocenters. The van der Waals surface area contributed by atoms with Gasteiger partial charge in [-0.1, -0.05) is 25.0 Å². The van der Waals surface area contributed by atoms with E-state index in [0.717, 1.165) is 35.6 Å². The number of nitrogens with zero attached hydrogens (tertiary/aromatic N) is 2. The molecule has 27 heavy (non-hydrogen) atoms. The maximum Gasteiger partial charge on any atom is 0.191 e. The van der Waals surface area contributed by atoms with Crippen LogP contribution < -0.4 is 20.1 Å². The second kappa shape index (κ2) is 10.9. The number of methoxy groups -OCH3 is 2. The standard InChI is InChI=1S/C20H32N4O2.HI/c1-21-20(22-13-15-7-6-10-18(25-2)19(15)26-3)23-16-11-12-24(14-16)17-8-4-5-9-17;/h6-7,10,16-17H,4-5,8-9,11-14H2,1-3H3,(H2,21,22,23);1H. The number of nitrogens with one attached hydrogen (secondary N) is 2. The van der Waals surface area contributed by atoms with Crippen LogP contribution in [0.3, 0.4) is 0 Å². The average molecular weight is 488 g/mol. The van der Waals surface area contributed by atoms with E-state index in [1.54, 1.807) is 14.2 Å². The highest BCUT2D eigenvalue weighted by Crippen LogP contribution is 2.30. The van der Waals surface area contributed by atoms with Crippen molar-refractivity contribution in [3.63, 3.8) is 0 Å². The molecule has 0 spiro atoms. The Kier molecular flexibility index (Phi) is 8.95. The highest BCUT2D eigenvalue weighted by Gasteiger charge is 2.30. The van der Waals surface area contributed by atoms with Gasteiger partial charge in [-0.25, -0.2) is 0 Å². The van der Waals surface area contributed by atoms with Crippen LogP contribution in [0.1, 0.15) is 37.7 Å². The predicted molar refractivity (Wildman–Crippen MR) is 121 cm³/mol. The molecule has 1 aliphatic carbocycles. The number of rotatable bonds is 6. The lowest BCUT2D eigenvalue weighted by molar-refractivity contribution is 0.242. The molecule has 1 aromatic rings. The van der Waals surface area contributed by atoms with Crippen LogP contribution in [0.25, 0.3) is 0 Å². The molecule has 3 rings (SSSR count). The second-order valence-corrected chi connectivity index (χ2v) is 7.14. The first-order valence-corrected chi connectivity index (χ1v) is 9.66. The van der Waals surface area contributed by atoms with Gasteiger partial charge in [0.05, 0.1) is 14.2 Å². The average Bonchev–Trinajstić information content (AvgIpc) is 3.36. The third-order valence-electron chi connectivity index (χ3n) is 5.56. The Labute approximate surface area is 180 Å². The first-order chi connectivity index (χ1) is 12.7. The van der Waals surface area contributed by atoms with E-state index in [9.17, 15) is 0 Å². The van der Waals surface area contributed by atoms with Crippen molar-refractivity contribution < 1.29 is 9.47 Å². The molecule has 1 saturated heterocycles. The number of benzene rings is 1. The van der Waals surface area contributed by atoms with Gasteiger partial charge >= 0.3 is 0 Å². The lowest BCUT2D eigenvalue weighted by Crippen LogP contribution is -2.45. The molecule has 2 aliphatic rings. The first-order valence-electron chi connectivity index (χ1n) is 9.66. The summed E-state index contributed by atoms with van der Waals surface area (Å²) in [7, 11) is 5.15. The van der Waals surface area contributed by atoms with Gasteiger partial charge in [-0.05, 0) is 25.3 Å². The number of halogens is 1. The van der Waals surface area contributed by atoms with Gasteiger partial charge in [-0.2, -0.15) is 0 Å². The highest BCUT2D eigenvalue weighted by atomic mass is 127.